The smallest absolute Gasteiger partial charge is 0.254 e. The summed E-state index contributed by atoms with van der Waals surface area (Å²) in [5.74, 6) is 0.146. The molecule has 0 aliphatic heterocycles. The molecule has 0 unspecified atom stereocenters. The van der Waals surface area contributed by atoms with Crippen molar-refractivity contribution < 1.29 is 4.79 Å². The lowest BCUT2D eigenvalue weighted by Gasteiger charge is -2.36. The maximum atomic E-state index is 12.8. The number of rotatable bonds is 11. The third kappa shape index (κ3) is 7.81. The number of unbranched alkanes of at least 4 members (excludes halogenated alkanes) is 7. The van der Waals surface area contributed by atoms with Gasteiger partial charge in [-0.2, -0.15) is 0 Å². The second kappa shape index (κ2) is 11.1. The van der Waals surface area contributed by atoms with E-state index in [0.29, 0.717) is 0 Å². The highest BCUT2D eigenvalue weighted by Crippen LogP contribution is 2.19. The first-order valence-electron chi connectivity index (χ1n) is 9.44. The van der Waals surface area contributed by atoms with E-state index in [1.807, 2.05) is 41.3 Å². The van der Waals surface area contributed by atoms with Crippen LogP contribution in [0, 0.1) is 0 Å². The van der Waals surface area contributed by atoms with Crippen molar-refractivity contribution in [2.45, 2.75) is 77.7 Å². The molecule has 0 aromatic heterocycles. The minimum atomic E-state index is -0.141. The van der Waals surface area contributed by atoms with Crippen LogP contribution < -0.4 is 0 Å². The molecule has 0 atom stereocenters. The zero-order valence-electron chi connectivity index (χ0n) is 15.9. The summed E-state index contributed by atoms with van der Waals surface area (Å²) >= 11 is 0. The predicted octanol–water partition coefficient (Wildman–Crippen LogP) is 6.23. The fourth-order valence-electron chi connectivity index (χ4n) is 2.92. The van der Waals surface area contributed by atoms with E-state index < -0.39 is 0 Å². The average molecular weight is 330 g/mol. The van der Waals surface area contributed by atoms with Crippen LogP contribution in [0.5, 0.6) is 0 Å². The molecule has 24 heavy (non-hydrogen) atoms. The molecule has 0 aliphatic carbocycles. The summed E-state index contributed by atoms with van der Waals surface area (Å²) in [4.78, 5) is 14.8. The van der Waals surface area contributed by atoms with Crippen LogP contribution in [0.3, 0.4) is 0 Å². The van der Waals surface area contributed by atoms with Gasteiger partial charge in [-0.1, -0.05) is 56.4 Å². The molecular weight excluding hydrogens is 294 g/mol. The standard InChI is InChI=1S/C22H35NO/c1-5-6-7-8-9-10-11-12-16-19-23(22(2,3)4)21(24)20-17-14-13-15-18-20/h5,13-15,17-18H,1,6-12,16,19H2,2-4H3. The fraction of sp³-hybridized carbons (Fsp3) is 0.591. The first kappa shape index (κ1) is 20.5. The maximum absolute atomic E-state index is 12.8. The van der Waals surface area contributed by atoms with Crippen molar-refractivity contribution in [2.75, 3.05) is 6.54 Å². The molecule has 1 aromatic carbocycles. The number of allylic oxidation sites excluding steroid dienone is 1. The summed E-state index contributed by atoms with van der Waals surface area (Å²) in [6, 6.07) is 9.63. The van der Waals surface area contributed by atoms with E-state index in [-0.39, 0.29) is 11.4 Å². The number of carbonyl (C=O) groups is 1. The third-order valence-electron chi connectivity index (χ3n) is 4.37. The van der Waals surface area contributed by atoms with Crippen LogP contribution in [0.2, 0.25) is 0 Å². The van der Waals surface area contributed by atoms with Crippen molar-refractivity contribution >= 4 is 5.91 Å². The lowest BCUT2D eigenvalue weighted by molar-refractivity contribution is 0.0577. The van der Waals surface area contributed by atoms with Crippen molar-refractivity contribution in [2.24, 2.45) is 0 Å². The van der Waals surface area contributed by atoms with Crippen molar-refractivity contribution in [3.05, 3.63) is 48.6 Å². The van der Waals surface area contributed by atoms with E-state index >= 15 is 0 Å². The minimum absolute atomic E-state index is 0.141. The molecule has 2 nitrogen and oxygen atoms in total. The number of carbonyl (C=O) groups excluding carboxylic acids is 1. The van der Waals surface area contributed by atoms with Gasteiger partial charge in [-0.05, 0) is 52.2 Å². The van der Waals surface area contributed by atoms with E-state index in [2.05, 4.69) is 27.4 Å². The van der Waals surface area contributed by atoms with Gasteiger partial charge in [-0.25, -0.2) is 0 Å². The molecule has 0 bridgehead atoms. The van der Waals surface area contributed by atoms with Crippen LogP contribution in [0.15, 0.2) is 43.0 Å². The molecule has 0 fully saturated rings. The van der Waals surface area contributed by atoms with Crippen LogP contribution in [-0.2, 0) is 0 Å². The Kier molecular flexibility index (Phi) is 9.44. The van der Waals surface area contributed by atoms with E-state index in [1.165, 1.54) is 38.5 Å². The molecule has 0 spiro atoms. The second-order valence-corrected chi connectivity index (χ2v) is 7.55. The predicted molar refractivity (Wildman–Crippen MR) is 104 cm³/mol. The molecule has 0 N–H and O–H groups in total. The first-order valence-corrected chi connectivity index (χ1v) is 9.44. The second-order valence-electron chi connectivity index (χ2n) is 7.55. The molecule has 1 rings (SSSR count). The Morgan fingerprint density at radius 3 is 2.04 bits per heavy atom. The SMILES string of the molecule is C=CCCCCCCCCCN(C(=O)c1ccccc1)C(C)(C)C. The molecule has 0 aliphatic rings. The molecule has 134 valence electrons. The van der Waals surface area contributed by atoms with Crippen LogP contribution in [0.4, 0.5) is 0 Å². The van der Waals surface area contributed by atoms with Crippen LogP contribution in [0.1, 0.15) is 82.5 Å². The third-order valence-corrected chi connectivity index (χ3v) is 4.37. The topological polar surface area (TPSA) is 20.3 Å². The monoisotopic (exact) mass is 329 g/mol. The van der Waals surface area contributed by atoms with E-state index in [0.717, 1.165) is 24.9 Å². The lowest BCUT2D eigenvalue weighted by Crippen LogP contribution is -2.46. The highest BCUT2D eigenvalue weighted by atomic mass is 16.2. The zero-order chi connectivity index (χ0) is 17.8. The van der Waals surface area contributed by atoms with Crippen molar-refractivity contribution in [3.8, 4) is 0 Å². The number of hydrogen-bond acceptors (Lipinski definition) is 1. The molecular formula is C22H35NO. The first-order chi connectivity index (χ1) is 11.5. The Morgan fingerprint density at radius 1 is 0.958 bits per heavy atom. The van der Waals surface area contributed by atoms with Gasteiger partial charge in [0.2, 0.25) is 0 Å². The lowest BCUT2D eigenvalue weighted by atomic mass is 10.0. The highest BCUT2D eigenvalue weighted by molar-refractivity contribution is 5.94. The summed E-state index contributed by atoms with van der Waals surface area (Å²) in [6.45, 7) is 11.0. The number of amides is 1. The highest BCUT2D eigenvalue weighted by Gasteiger charge is 2.26. The van der Waals surface area contributed by atoms with Crippen LogP contribution >= 0.6 is 0 Å². The van der Waals surface area contributed by atoms with Crippen molar-refractivity contribution in [1.29, 1.82) is 0 Å². The molecule has 0 radical (unpaired) electrons. The zero-order valence-corrected chi connectivity index (χ0v) is 15.9. The van der Waals surface area contributed by atoms with E-state index in [4.69, 9.17) is 0 Å². The van der Waals surface area contributed by atoms with E-state index in [9.17, 15) is 4.79 Å². The van der Waals surface area contributed by atoms with Crippen LogP contribution in [0.25, 0.3) is 0 Å². The van der Waals surface area contributed by atoms with Gasteiger partial charge in [0.1, 0.15) is 0 Å². The quantitative estimate of drug-likeness (QED) is 0.348. The normalized spacial score (nSPS) is 11.3. The van der Waals surface area contributed by atoms with Crippen molar-refractivity contribution in [3.63, 3.8) is 0 Å². The van der Waals surface area contributed by atoms with Gasteiger partial charge in [-0.15, -0.1) is 6.58 Å². The van der Waals surface area contributed by atoms with E-state index in [1.54, 1.807) is 0 Å². The number of hydrogen-bond donors (Lipinski definition) is 0. The molecule has 2 heteroatoms. The van der Waals surface area contributed by atoms with Gasteiger partial charge in [0.05, 0.1) is 0 Å². The summed E-state index contributed by atoms with van der Waals surface area (Å²) in [7, 11) is 0. The summed E-state index contributed by atoms with van der Waals surface area (Å²) in [5, 5.41) is 0. The van der Waals surface area contributed by atoms with Gasteiger partial charge in [0, 0.05) is 17.6 Å². The average Bonchev–Trinajstić information content (AvgIpc) is 2.56. The van der Waals surface area contributed by atoms with Gasteiger partial charge >= 0.3 is 0 Å². The summed E-state index contributed by atoms with van der Waals surface area (Å²) in [5.41, 5.74) is 0.645. The van der Waals surface area contributed by atoms with Crippen LogP contribution in [-0.4, -0.2) is 22.9 Å². The molecule has 1 aromatic rings. The Morgan fingerprint density at radius 2 is 1.50 bits per heavy atom. The molecule has 1 amide bonds. The number of nitrogens with zero attached hydrogens (tertiary/aromatic N) is 1. The Bertz CT molecular complexity index is 472. The Balaban J connectivity index is 2.35. The fourth-order valence-corrected chi connectivity index (χ4v) is 2.92. The van der Waals surface area contributed by atoms with Gasteiger partial charge in [0.25, 0.3) is 5.91 Å². The molecule has 0 heterocycles. The molecule has 0 saturated heterocycles. The summed E-state index contributed by atoms with van der Waals surface area (Å²) in [6.07, 6.45) is 11.9. The van der Waals surface area contributed by atoms with Gasteiger partial charge in [-0.3, -0.25) is 4.79 Å². The molecule has 0 saturated carbocycles. The Labute approximate surface area is 149 Å². The number of benzene rings is 1. The van der Waals surface area contributed by atoms with Gasteiger partial charge in [0.15, 0.2) is 0 Å². The van der Waals surface area contributed by atoms with Crippen molar-refractivity contribution in [1.82, 2.24) is 4.90 Å². The largest absolute Gasteiger partial charge is 0.334 e. The summed E-state index contributed by atoms with van der Waals surface area (Å²) < 4.78 is 0. The maximum Gasteiger partial charge on any atom is 0.254 e. The Hall–Kier alpha value is -1.57. The minimum Gasteiger partial charge on any atom is -0.334 e. The van der Waals surface area contributed by atoms with Gasteiger partial charge < -0.3 is 4.90 Å².